The third kappa shape index (κ3) is 5.06. The molecule has 0 radical (unpaired) electrons. The molecule has 1 aromatic heterocycles. The molecule has 0 saturated carbocycles. The highest BCUT2D eigenvalue weighted by Crippen LogP contribution is 2.23. The van der Waals surface area contributed by atoms with E-state index in [2.05, 4.69) is 10.6 Å². The Morgan fingerprint density at radius 3 is 2.12 bits per heavy atom. The predicted molar refractivity (Wildman–Crippen MR) is 132 cm³/mol. The van der Waals surface area contributed by atoms with Gasteiger partial charge in [0.05, 0.1) is 11.5 Å². The van der Waals surface area contributed by atoms with Crippen molar-refractivity contribution in [2.24, 2.45) is 0 Å². The average molecular weight is 460 g/mol. The number of hydrogen-bond acceptors (Lipinski definition) is 6. The van der Waals surface area contributed by atoms with Gasteiger partial charge in [-0.15, -0.1) is 0 Å². The number of anilines is 2. The number of unbranched alkanes of at least 4 members (excludes halogenated alkanes) is 3. The molecule has 0 amide bonds. The standard InChI is InChI=1S/C26H26N4O4/c27-20-11-9-18-15-19-10-12-21(28)17-25(19)29(24(18)16-20)13-5-1-2-6-14-34-26(31)22-7-3-4-8-23(22)30(32)33/h3-4,7-12,15-17H,1-2,5-6,13-14H2,(H3,27,28)/p+1. The van der Waals surface area contributed by atoms with Gasteiger partial charge in [-0.3, -0.25) is 10.1 Å². The lowest BCUT2D eigenvalue weighted by atomic mass is 10.1. The molecule has 174 valence electrons. The normalized spacial score (nSPS) is 11.1. The van der Waals surface area contributed by atoms with E-state index in [1.54, 1.807) is 6.07 Å². The molecule has 0 bridgehead atoms. The predicted octanol–water partition coefficient (Wildman–Crippen LogP) is 4.77. The number of nitrogens with two attached hydrogens (primary N) is 2. The lowest BCUT2D eigenvalue weighted by Gasteiger charge is -2.08. The number of hydrogen-bond donors (Lipinski definition) is 2. The molecule has 8 nitrogen and oxygen atoms in total. The molecule has 4 aromatic rings. The van der Waals surface area contributed by atoms with Gasteiger partial charge in [0.1, 0.15) is 12.1 Å². The zero-order chi connectivity index (χ0) is 24.1. The maximum Gasteiger partial charge on any atom is 0.345 e. The molecular formula is C26H27N4O4+. The number of benzene rings is 3. The number of aryl methyl sites for hydroxylation is 1. The number of para-hydroxylation sites is 1. The molecule has 0 unspecified atom stereocenters. The number of aromatic nitrogens is 1. The van der Waals surface area contributed by atoms with Crippen LogP contribution in [-0.2, 0) is 11.3 Å². The number of nitro benzene ring substituents is 1. The van der Waals surface area contributed by atoms with Gasteiger partial charge in [0, 0.05) is 46.8 Å². The molecule has 3 aromatic carbocycles. The summed E-state index contributed by atoms with van der Waals surface area (Å²) in [6.45, 7) is 1.03. The van der Waals surface area contributed by atoms with Gasteiger partial charge in [-0.25, -0.2) is 4.79 Å². The minimum atomic E-state index is -0.666. The van der Waals surface area contributed by atoms with Gasteiger partial charge in [-0.2, -0.15) is 4.57 Å². The van der Waals surface area contributed by atoms with E-state index in [0.29, 0.717) is 17.8 Å². The fourth-order valence-electron chi connectivity index (χ4n) is 4.14. The van der Waals surface area contributed by atoms with Crippen molar-refractivity contribution in [2.75, 3.05) is 18.1 Å². The number of fused-ring (bicyclic) bond motifs is 2. The second-order valence-corrected chi connectivity index (χ2v) is 8.26. The molecule has 0 spiro atoms. The van der Waals surface area contributed by atoms with Crippen molar-refractivity contribution in [1.29, 1.82) is 0 Å². The van der Waals surface area contributed by atoms with E-state index in [4.69, 9.17) is 16.2 Å². The molecular weight excluding hydrogens is 432 g/mol. The third-order valence-electron chi connectivity index (χ3n) is 5.83. The van der Waals surface area contributed by atoms with Crippen molar-refractivity contribution in [2.45, 2.75) is 32.2 Å². The number of carbonyl (C=O) groups is 1. The second kappa shape index (κ2) is 10.2. The second-order valence-electron chi connectivity index (χ2n) is 8.26. The maximum absolute atomic E-state index is 12.2. The van der Waals surface area contributed by atoms with Crippen LogP contribution in [0.2, 0.25) is 0 Å². The Bertz CT molecular complexity index is 1310. The number of ether oxygens (including phenoxy) is 1. The van der Waals surface area contributed by atoms with Crippen molar-refractivity contribution in [3.05, 3.63) is 82.4 Å². The van der Waals surface area contributed by atoms with Crippen LogP contribution in [0.3, 0.4) is 0 Å². The molecule has 4 N–H and O–H groups in total. The molecule has 0 aliphatic heterocycles. The summed E-state index contributed by atoms with van der Waals surface area (Å²) in [5, 5.41) is 13.3. The van der Waals surface area contributed by atoms with Gasteiger partial charge in [-0.1, -0.05) is 12.1 Å². The molecule has 1 heterocycles. The van der Waals surface area contributed by atoms with Crippen LogP contribution in [0, 0.1) is 10.1 Å². The Morgan fingerprint density at radius 1 is 0.853 bits per heavy atom. The summed E-state index contributed by atoms with van der Waals surface area (Å²) in [5.74, 6) is -0.666. The van der Waals surface area contributed by atoms with Crippen molar-refractivity contribution in [3.8, 4) is 0 Å². The van der Waals surface area contributed by atoms with Crippen LogP contribution in [-0.4, -0.2) is 17.5 Å². The van der Waals surface area contributed by atoms with Crippen LogP contribution in [0.4, 0.5) is 17.1 Å². The fourth-order valence-corrected chi connectivity index (χ4v) is 4.14. The van der Waals surface area contributed by atoms with E-state index in [-0.39, 0.29) is 17.9 Å². The molecule has 0 saturated heterocycles. The van der Waals surface area contributed by atoms with E-state index in [1.807, 2.05) is 36.4 Å². The smallest absolute Gasteiger partial charge is 0.345 e. The zero-order valence-corrected chi connectivity index (χ0v) is 18.8. The van der Waals surface area contributed by atoms with Gasteiger partial charge < -0.3 is 16.2 Å². The first kappa shape index (κ1) is 23.0. The number of esters is 1. The van der Waals surface area contributed by atoms with Gasteiger partial charge >= 0.3 is 5.97 Å². The van der Waals surface area contributed by atoms with E-state index in [1.165, 1.54) is 18.2 Å². The molecule has 8 heteroatoms. The minimum absolute atomic E-state index is 0.0229. The summed E-state index contributed by atoms with van der Waals surface area (Å²) < 4.78 is 7.50. The molecule has 0 fully saturated rings. The first-order valence-electron chi connectivity index (χ1n) is 11.3. The lowest BCUT2D eigenvalue weighted by Crippen LogP contribution is -2.35. The van der Waals surface area contributed by atoms with E-state index >= 15 is 0 Å². The Morgan fingerprint density at radius 2 is 1.47 bits per heavy atom. The fraction of sp³-hybridized carbons (Fsp3) is 0.231. The largest absolute Gasteiger partial charge is 0.462 e. The van der Waals surface area contributed by atoms with Crippen LogP contribution in [0.25, 0.3) is 21.8 Å². The highest BCUT2D eigenvalue weighted by atomic mass is 16.6. The van der Waals surface area contributed by atoms with Gasteiger partial charge in [0.2, 0.25) is 11.0 Å². The third-order valence-corrected chi connectivity index (χ3v) is 5.83. The average Bonchev–Trinajstić information content (AvgIpc) is 2.83. The minimum Gasteiger partial charge on any atom is -0.462 e. The van der Waals surface area contributed by atoms with Crippen LogP contribution in [0.1, 0.15) is 36.0 Å². The number of nitro groups is 1. The van der Waals surface area contributed by atoms with E-state index in [0.717, 1.165) is 47.6 Å². The number of pyridine rings is 1. The van der Waals surface area contributed by atoms with Crippen molar-refractivity contribution >= 4 is 44.8 Å². The van der Waals surface area contributed by atoms with E-state index in [9.17, 15) is 14.9 Å². The van der Waals surface area contributed by atoms with Gasteiger partial charge in [0.25, 0.3) is 5.69 Å². The highest BCUT2D eigenvalue weighted by molar-refractivity contribution is 5.94. The van der Waals surface area contributed by atoms with Crippen molar-refractivity contribution in [3.63, 3.8) is 0 Å². The summed E-state index contributed by atoms with van der Waals surface area (Å²) in [7, 11) is 0. The number of nitrogens with zero attached hydrogens (tertiary/aromatic N) is 2. The first-order chi connectivity index (χ1) is 16.4. The molecule has 0 atom stereocenters. The molecule has 0 aliphatic rings. The number of carbonyl (C=O) groups excluding carboxylic acids is 1. The Labute approximate surface area is 196 Å². The van der Waals surface area contributed by atoms with Crippen LogP contribution in [0.5, 0.6) is 0 Å². The van der Waals surface area contributed by atoms with Crippen LogP contribution in [0.15, 0.2) is 66.7 Å². The SMILES string of the molecule is Nc1ccc2cc3ccc(N)cc3[n+](CCCCCCOC(=O)c3ccccc3[N+](=O)[O-])c2c1. The summed E-state index contributed by atoms with van der Waals surface area (Å²) in [6.07, 6.45) is 3.43. The topological polar surface area (TPSA) is 125 Å². The number of nitrogen functional groups attached to an aromatic ring is 2. The summed E-state index contributed by atoms with van der Waals surface area (Å²) >= 11 is 0. The maximum atomic E-state index is 12.2. The molecule has 4 rings (SSSR count). The Kier molecular flexibility index (Phi) is 6.87. The van der Waals surface area contributed by atoms with E-state index < -0.39 is 10.9 Å². The summed E-state index contributed by atoms with van der Waals surface area (Å²) in [5.41, 5.74) is 15.4. The van der Waals surface area contributed by atoms with Crippen LogP contribution < -0.4 is 16.0 Å². The zero-order valence-electron chi connectivity index (χ0n) is 18.8. The quantitative estimate of drug-likeness (QED) is 0.0706. The monoisotopic (exact) mass is 459 g/mol. The molecule has 0 aliphatic carbocycles. The Hall–Kier alpha value is -4.20. The summed E-state index contributed by atoms with van der Waals surface area (Å²) in [6, 6.07) is 19.8. The molecule has 34 heavy (non-hydrogen) atoms. The first-order valence-corrected chi connectivity index (χ1v) is 11.3. The number of rotatable bonds is 9. The van der Waals surface area contributed by atoms with Crippen LogP contribution >= 0.6 is 0 Å². The summed E-state index contributed by atoms with van der Waals surface area (Å²) in [4.78, 5) is 22.7. The van der Waals surface area contributed by atoms with Crippen molar-refractivity contribution in [1.82, 2.24) is 0 Å². The van der Waals surface area contributed by atoms with Gasteiger partial charge in [-0.05, 0) is 55.7 Å². The van der Waals surface area contributed by atoms with Crippen molar-refractivity contribution < 1.29 is 19.0 Å². The van der Waals surface area contributed by atoms with Gasteiger partial charge in [0.15, 0.2) is 0 Å². The Balaban J connectivity index is 1.34. The lowest BCUT2D eigenvalue weighted by molar-refractivity contribution is -0.645. The highest BCUT2D eigenvalue weighted by Gasteiger charge is 2.20.